The number of hydrogen-bond donors (Lipinski definition) is 1. The molecule has 0 saturated carbocycles. The van der Waals surface area contributed by atoms with Crippen LogP contribution in [0.3, 0.4) is 0 Å². The van der Waals surface area contributed by atoms with Gasteiger partial charge in [0.15, 0.2) is 0 Å². The highest BCUT2D eigenvalue weighted by molar-refractivity contribution is 5.80. The van der Waals surface area contributed by atoms with Crippen molar-refractivity contribution in [3.63, 3.8) is 0 Å². The molecule has 0 aromatic heterocycles. The van der Waals surface area contributed by atoms with Crippen molar-refractivity contribution in [2.75, 3.05) is 6.61 Å². The Morgan fingerprint density at radius 2 is 2.50 bits per heavy atom. The molecule has 0 aliphatic carbocycles. The Kier molecular flexibility index (Phi) is 2.06. The lowest BCUT2D eigenvalue weighted by molar-refractivity contribution is -0.131. The van der Waals surface area contributed by atoms with E-state index in [-0.39, 0.29) is 6.10 Å². The van der Waals surface area contributed by atoms with E-state index in [1.165, 1.54) is 6.08 Å². The Hall–Kier alpha value is -0.830. The largest absolute Gasteiger partial charge is 0.478 e. The molecule has 1 atom stereocenters. The van der Waals surface area contributed by atoms with E-state index in [2.05, 4.69) is 0 Å². The van der Waals surface area contributed by atoms with Crippen molar-refractivity contribution in [1.29, 1.82) is 0 Å². The number of epoxide rings is 1. The molecule has 1 saturated heterocycles. The first kappa shape index (κ1) is 7.28. The summed E-state index contributed by atoms with van der Waals surface area (Å²) in [6.07, 6.45) is 2.27. The van der Waals surface area contributed by atoms with E-state index in [0.29, 0.717) is 0 Å². The fraction of sp³-hybridized carbons (Fsp3) is 0.571. The third-order valence-corrected chi connectivity index (χ3v) is 1.32. The molecule has 0 aromatic rings. The van der Waals surface area contributed by atoms with Gasteiger partial charge in [0.25, 0.3) is 0 Å². The summed E-state index contributed by atoms with van der Waals surface area (Å²) in [5, 5.41) is 8.30. The van der Waals surface area contributed by atoms with Crippen LogP contribution < -0.4 is 0 Å². The Morgan fingerprint density at radius 3 is 2.90 bits per heavy atom. The van der Waals surface area contributed by atoms with Gasteiger partial charge < -0.3 is 9.84 Å². The summed E-state index contributed by atoms with van der Waals surface area (Å²) < 4.78 is 4.93. The van der Waals surface area contributed by atoms with Gasteiger partial charge in [-0.05, 0) is 13.3 Å². The zero-order chi connectivity index (χ0) is 7.56. The summed E-state index contributed by atoms with van der Waals surface area (Å²) >= 11 is 0. The lowest BCUT2D eigenvalue weighted by Gasteiger charge is -1.92. The van der Waals surface area contributed by atoms with Gasteiger partial charge in [-0.2, -0.15) is 0 Å². The molecular weight excluding hydrogens is 132 g/mol. The van der Waals surface area contributed by atoms with Gasteiger partial charge in [0.2, 0.25) is 0 Å². The molecule has 1 N–H and O–H groups in total. The Bertz CT molecular complexity index is 168. The van der Waals surface area contributed by atoms with Gasteiger partial charge in [0.05, 0.1) is 12.7 Å². The number of carbonyl (C=O) groups is 1. The monoisotopic (exact) mass is 142 g/mol. The second kappa shape index (κ2) is 2.84. The van der Waals surface area contributed by atoms with Gasteiger partial charge in [-0.1, -0.05) is 5.57 Å². The third kappa shape index (κ3) is 2.64. The number of carboxylic acid groups (broad SMARTS) is 1. The van der Waals surface area contributed by atoms with Crippen LogP contribution in [0.4, 0.5) is 0 Å². The van der Waals surface area contributed by atoms with Crippen molar-refractivity contribution >= 4 is 5.97 Å². The van der Waals surface area contributed by atoms with E-state index in [1.54, 1.807) is 6.92 Å². The number of rotatable bonds is 3. The molecule has 1 fully saturated rings. The first-order valence-electron chi connectivity index (χ1n) is 3.20. The van der Waals surface area contributed by atoms with Gasteiger partial charge in [-0.3, -0.25) is 0 Å². The first-order chi connectivity index (χ1) is 4.68. The van der Waals surface area contributed by atoms with Gasteiger partial charge in [-0.25, -0.2) is 4.79 Å². The normalized spacial score (nSPS) is 24.5. The van der Waals surface area contributed by atoms with Gasteiger partial charge in [0.1, 0.15) is 0 Å². The van der Waals surface area contributed by atoms with E-state index in [9.17, 15) is 4.79 Å². The fourth-order valence-corrected chi connectivity index (χ4v) is 0.815. The van der Waals surface area contributed by atoms with E-state index in [0.717, 1.165) is 18.6 Å². The lowest BCUT2D eigenvalue weighted by Crippen LogP contribution is -1.92. The molecule has 1 unspecified atom stereocenters. The third-order valence-electron chi connectivity index (χ3n) is 1.32. The summed E-state index contributed by atoms with van der Waals surface area (Å²) in [5.41, 5.74) is 0.870. The molecule has 0 radical (unpaired) electrons. The summed E-state index contributed by atoms with van der Waals surface area (Å²) in [6.45, 7) is 2.58. The van der Waals surface area contributed by atoms with Crippen LogP contribution >= 0.6 is 0 Å². The molecule has 0 spiro atoms. The quantitative estimate of drug-likeness (QED) is 0.468. The predicted octanol–water partition coefficient (Wildman–Crippen LogP) is 0.806. The van der Waals surface area contributed by atoms with Gasteiger partial charge in [0, 0.05) is 6.08 Å². The molecule has 0 amide bonds. The zero-order valence-corrected chi connectivity index (χ0v) is 5.83. The van der Waals surface area contributed by atoms with Crippen LogP contribution in [0.1, 0.15) is 13.3 Å². The summed E-state index contributed by atoms with van der Waals surface area (Å²) in [6, 6.07) is 0. The van der Waals surface area contributed by atoms with Crippen LogP contribution in [0.15, 0.2) is 11.6 Å². The Balaban J connectivity index is 2.30. The number of carboxylic acids is 1. The van der Waals surface area contributed by atoms with E-state index in [4.69, 9.17) is 9.84 Å². The second-order valence-electron chi connectivity index (χ2n) is 2.49. The van der Waals surface area contributed by atoms with Crippen molar-refractivity contribution in [3.05, 3.63) is 11.6 Å². The Labute approximate surface area is 59.3 Å². The molecule has 0 bridgehead atoms. The topological polar surface area (TPSA) is 49.8 Å². The fourth-order valence-electron chi connectivity index (χ4n) is 0.815. The molecule has 1 aliphatic heterocycles. The minimum atomic E-state index is -0.877. The molecule has 10 heavy (non-hydrogen) atoms. The van der Waals surface area contributed by atoms with Crippen molar-refractivity contribution in [3.8, 4) is 0 Å². The second-order valence-corrected chi connectivity index (χ2v) is 2.49. The molecule has 0 aromatic carbocycles. The van der Waals surface area contributed by atoms with Crippen molar-refractivity contribution in [2.24, 2.45) is 0 Å². The molecule has 3 heteroatoms. The van der Waals surface area contributed by atoms with Crippen molar-refractivity contribution < 1.29 is 14.6 Å². The zero-order valence-electron chi connectivity index (χ0n) is 5.83. The highest BCUT2D eigenvalue weighted by atomic mass is 16.6. The SMILES string of the molecule is CC(=CC(=O)O)CC1CO1. The maximum absolute atomic E-state index is 10.1. The van der Waals surface area contributed by atoms with Crippen LogP contribution in [0.2, 0.25) is 0 Å². The van der Waals surface area contributed by atoms with Crippen LogP contribution in [0.5, 0.6) is 0 Å². The standard InChI is InChI=1S/C7H10O3/c1-5(3-7(8)9)2-6-4-10-6/h3,6H,2,4H2,1H3,(H,8,9). The average Bonchev–Trinajstić information content (AvgIpc) is 2.46. The Morgan fingerprint density at radius 1 is 1.90 bits per heavy atom. The van der Waals surface area contributed by atoms with Crippen LogP contribution in [0.25, 0.3) is 0 Å². The van der Waals surface area contributed by atoms with Crippen LogP contribution in [0, 0.1) is 0 Å². The van der Waals surface area contributed by atoms with Gasteiger partial charge >= 0.3 is 5.97 Å². The summed E-state index contributed by atoms with van der Waals surface area (Å²) in [5.74, 6) is -0.877. The average molecular weight is 142 g/mol. The number of ether oxygens (including phenoxy) is 1. The van der Waals surface area contributed by atoms with Gasteiger partial charge in [-0.15, -0.1) is 0 Å². The lowest BCUT2D eigenvalue weighted by atomic mass is 10.1. The molecular formula is C7H10O3. The van der Waals surface area contributed by atoms with E-state index in [1.807, 2.05) is 0 Å². The number of hydrogen-bond acceptors (Lipinski definition) is 2. The number of aliphatic carboxylic acids is 1. The van der Waals surface area contributed by atoms with Crippen LogP contribution in [-0.2, 0) is 9.53 Å². The van der Waals surface area contributed by atoms with Crippen LogP contribution in [-0.4, -0.2) is 23.8 Å². The molecule has 1 heterocycles. The molecule has 3 nitrogen and oxygen atoms in total. The molecule has 1 rings (SSSR count). The predicted molar refractivity (Wildman–Crippen MR) is 35.7 cm³/mol. The van der Waals surface area contributed by atoms with E-state index < -0.39 is 5.97 Å². The molecule has 56 valence electrons. The molecule has 1 aliphatic rings. The summed E-state index contributed by atoms with van der Waals surface area (Å²) in [7, 11) is 0. The van der Waals surface area contributed by atoms with Crippen molar-refractivity contribution in [2.45, 2.75) is 19.4 Å². The minimum Gasteiger partial charge on any atom is -0.478 e. The maximum Gasteiger partial charge on any atom is 0.328 e. The highest BCUT2D eigenvalue weighted by Crippen LogP contribution is 2.18. The first-order valence-corrected chi connectivity index (χ1v) is 3.20. The maximum atomic E-state index is 10.1. The summed E-state index contributed by atoms with van der Waals surface area (Å²) in [4.78, 5) is 10.1. The highest BCUT2D eigenvalue weighted by Gasteiger charge is 2.22. The van der Waals surface area contributed by atoms with E-state index >= 15 is 0 Å². The smallest absolute Gasteiger partial charge is 0.328 e. The van der Waals surface area contributed by atoms with Crippen molar-refractivity contribution in [1.82, 2.24) is 0 Å². The minimum absolute atomic E-state index is 0.288.